The third-order valence-electron chi connectivity index (χ3n) is 4.87. The normalized spacial score (nSPS) is 21.9. The van der Waals surface area contributed by atoms with E-state index in [-0.39, 0.29) is 18.2 Å². The Kier molecular flexibility index (Phi) is 5.81. The van der Waals surface area contributed by atoms with Crippen molar-refractivity contribution in [3.8, 4) is 17.9 Å². The molecule has 3 rings (SSSR count). The second-order valence-electron chi connectivity index (χ2n) is 6.43. The second kappa shape index (κ2) is 8.12. The fourth-order valence-corrected chi connectivity index (χ4v) is 4.82. The highest BCUT2D eigenvalue weighted by molar-refractivity contribution is 7.89. The predicted molar refractivity (Wildman–Crippen MR) is 103 cm³/mol. The summed E-state index contributed by atoms with van der Waals surface area (Å²) in [7, 11) is -3.58. The van der Waals surface area contributed by atoms with Crippen LogP contribution in [-0.2, 0) is 10.0 Å². The van der Waals surface area contributed by atoms with Crippen molar-refractivity contribution in [1.29, 1.82) is 5.26 Å². The lowest BCUT2D eigenvalue weighted by molar-refractivity contribution is 0.0558. The van der Waals surface area contributed by atoms with Crippen LogP contribution in [0.25, 0.3) is 0 Å². The van der Waals surface area contributed by atoms with Gasteiger partial charge in [0.2, 0.25) is 10.0 Å². The molecule has 0 aromatic heterocycles. The predicted octanol–water partition coefficient (Wildman–Crippen LogP) is 2.23. The van der Waals surface area contributed by atoms with Crippen molar-refractivity contribution in [2.24, 2.45) is 0 Å². The lowest BCUT2D eigenvalue weighted by atomic mass is 9.78. The topological polar surface area (TPSA) is 81.4 Å². The lowest BCUT2D eigenvalue weighted by Gasteiger charge is -2.50. The Hall–Kier alpha value is -2.71. The molecule has 0 bridgehead atoms. The molecule has 7 heteroatoms. The minimum atomic E-state index is -3.58. The van der Waals surface area contributed by atoms with E-state index in [1.165, 1.54) is 13.0 Å². The average molecular weight is 398 g/mol. The van der Waals surface area contributed by atoms with E-state index in [4.69, 9.17) is 0 Å². The minimum absolute atomic E-state index is 0.126. The molecule has 0 amide bonds. The zero-order valence-electron chi connectivity index (χ0n) is 15.2. The van der Waals surface area contributed by atoms with Crippen LogP contribution < -0.4 is 0 Å². The van der Waals surface area contributed by atoms with E-state index < -0.39 is 28.0 Å². The molecule has 0 spiro atoms. The van der Waals surface area contributed by atoms with Crippen molar-refractivity contribution in [3.05, 3.63) is 71.0 Å². The second-order valence-corrected chi connectivity index (χ2v) is 8.59. The van der Waals surface area contributed by atoms with E-state index in [2.05, 4.69) is 11.8 Å². The Bertz CT molecular complexity index is 1070. The number of nitriles is 1. The largest absolute Gasteiger partial charge is 0.395 e. The van der Waals surface area contributed by atoms with Gasteiger partial charge in [0.05, 0.1) is 30.0 Å². The molecular formula is C21H19FN2O3S. The van der Waals surface area contributed by atoms with Crippen molar-refractivity contribution in [2.45, 2.75) is 24.9 Å². The van der Waals surface area contributed by atoms with Gasteiger partial charge in [-0.1, -0.05) is 36.1 Å². The van der Waals surface area contributed by atoms with Crippen LogP contribution in [0.2, 0.25) is 0 Å². The Labute approximate surface area is 164 Å². The SMILES string of the molecule is CCS(=O)(=O)N1[C@H](CO)[C@H](c2ccc(C#Cc3ccccc3F)cc2)[C@@H]1C#N. The van der Waals surface area contributed by atoms with Gasteiger partial charge in [0, 0.05) is 11.5 Å². The summed E-state index contributed by atoms with van der Waals surface area (Å²) in [4.78, 5) is 0. The molecule has 1 heterocycles. The zero-order valence-corrected chi connectivity index (χ0v) is 16.0. The molecular weight excluding hydrogens is 379 g/mol. The van der Waals surface area contributed by atoms with Gasteiger partial charge in [-0.05, 0) is 36.8 Å². The molecule has 2 aromatic carbocycles. The van der Waals surface area contributed by atoms with Gasteiger partial charge in [-0.3, -0.25) is 0 Å². The molecule has 28 heavy (non-hydrogen) atoms. The summed E-state index contributed by atoms with van der Waals surface area (Å²) in [5.41, 5.74) is 1.72. The third kappa shape index (κ3) is 3.65. The summed E-state index contributed by atoms with van der Waals surface area (Å²) < 4.78 is 39.2. The van der Waals surface area contributed by atoms with Gasteiger partial charge in [-0.15, -0.1) is 0 Å². The van der Waals surface area contributed by atoms with Crippen molar-refractivity contribution in [3.63, 3.8) is 0 Å². The average Bonchev–Trinajstić information content (AvgIpc) is 2.68. The van der Waals surface area contributed by atoms with Crippen molar-refractivity contribution < 1.29 is 17.9 Å². The number of hydrogen-bond donors (Lipinski definition) is 1. The van der Waals surface area contributed by atoms with E-state index in [1.807, 2.05) is 6.07 Å². The molecule has 144 valence electrons. The quantitative estimate of drug-likeness (QED) is 0.801. The highest BCUT2D eigenvalue weighted by atomic mass is 32.2. The molecule has 0 unspecified atom stereocenters. The zero-order chi connectivity index (χ0) is 20.3. The number of sulfonamides is 1. The monoisotopic (exact) mass is 398 g/mol. The Morgan fingerprint density at radius 2 is 1.82 bits per heavy atom. The van der Waals surface area contributed by atoms with Crippen molar-refractivity contribution in [1.82, 2.24) is 4.31 Å². The van der Waals surface area contributed by atoms with E-state index >= 15 is 0 Å². The Morgan fingerprint density at radius 1 is 1.14 bits per heavy atom. The summed E-state index contributed by atoms with van der Waals surface area (Å²) in [5.74, 6) is 4.74. The molecule has 1 aliphatic rings. The molecule has 1 aliphatic heterocycles. The highest BCUT2D eigenvalue weighted by Gasteiger charge is 2.54. The molecule has 1 saturated heterocycles. The molecule has 5 nitrogen and oxygen atoms in total. The maximum absolute atomic E-state index is 13.6. The summed E-state index contributed by atoms with van der Waals surface area (Å²) in [6, 6.07) is 13.8. The number of aliphatic hydroxyl groups excluding tert-OH is 1. The molecule has 0 aliphatic carbocycles. The molecule has 0 radical (unpaired) electrons. The van der Waals surface area contributed by atoms with Gasteiger partial charge < -0.3 is 5.11 Å². The van der Waals surface area contributed by atoms with E-state index in [0.717, 1.165) is 9.87 Å². The molecule has 1 N–H and O–H groups in total. The fourth-order valence-electron chi connectivity index (χ4n) is 3.39. The number of rotatable bonds is 4. The van der Waals surface area contributed by atoms with Crippen LogP contribution in [0, 0.1) is 29.0 Å². The number of halogens is 1. The number of aliphatic hydroxyl groups is 1. The molecule has 3 atom stereocenters. The van der Waals surface area contributed by atoms with E-state index in [9.17, 15) is 23.2 Å². The third-order valence-corrected chi connectivity index (χ3v) is 6.74. The number of hydrogen-bond acceptors (Lipinski definition) is 4. The fraction of sp³-hybridized carbons (Fsp3) is 0.286. The van der Waals surface area contributed by atoms with Crippen LogP contribution in [0.1, 0.15) is 29.5 Å². The first-order chi connectivity index (χ1) is 13.4. The van der Waals surface area contributed by atoms with Crippen molar-refractivity contribution >= 4 is 10.0 Å². The van der Waals surface area contributed by atoms with Gasteiger partial charge in [-0.25, -0.2) is 12.8 Å². The van der Waals surface area contributed by atoms with E-state index in [0.29, 0.717) is 11.1 Å². The van der Waals surface area contributed by atoms with Crippen LogP contribution in [0.5, 0.6) is 0 Å². The van der Waals surface area contributed by atoms with Gasteiger partial charge in [-0.2, -0.15) is 9.57 Å². The Balaban J connectivity index is 1.84. The van der Waals surface area contributed by atoms with Gasteiger partial charge in [0.1, 0.15) is 11.9 Å². The maximum Gasteiger partial charge on any atom is 0.215 e. The van der Waals surface area contributed by atoms with Gasteiger partial charge in [0.25, 0.3) is 0 Å². The van der Waals surface area contributed by atoms with E-state index in [1.54, 1.807) is 42.5 Å². The smallest absolute Gasteiger partial charge is 0.215 e. The summed E-state index contributed by atoms with van der Waals surface area (Å²) in [6.45, 7) is 1.14. The maximum atomic E-state index is 13.6. The Morgan fingerprint density at radius 3 is 2.39 bits per heavy atom. The van der Waals surface area contributed by atoms with Gasteiger partial charge in [0.15, 0.2) is 0 Å². The lowest BCUT2D eigenvalue weighted by Crippen LogP contribution is -2.65. The van der Waals surface area contributed by atoms with Crippen LogP contribution >= 0.6 is 0 Å². The van der Waals surface area contributed by atoms with Crippen molar-refractivity contribution in [2.75, 3.05) is 12.4 Å². The number of nitrogens with zero attached hydrogens (tertiary/aromatic N) is 2. The van der Waals surface area contributed by atoms with Crippen LogP contribution in [-0.4, -0.2) is 42.3 Å². The minimum Gasteiger partial charge on any atom is -0.395 e. The molecule has 0 saturated carbocycles. The standard InChI is InChI=1S/C21H19FN2O3S/c1-2-28(26,27)24-19(13-23)21(20(24)14-25)17-11-8-15(9-12-17)7-10-16-5-3-4-6-18(16)22/h3-6,8-9,11-12,19-21,25H,2,14H2,1H3/t19-,20+,21+/m0/s1. The van der Waals surface area contributed by atoms with Crippen LogP contribution in [0.4, 0.5) is 4.39 Å². The first kappa shape index (κ1) is 20.0. The first-order valence-corrected chi connectivity index (χ1v) is 10.4. The summed E-state index contributed by atoms with van der Waals surface area (Å²) in [6.07, 6.45) is 0. The van der Waals surface area contributed by atoms with Gasteiger partial charge >= 0.3 is 0 Å². The van der Waals surface area contributed by atoms with Crippen LogP contribution in [0.3, 0.4) is 0 Å². The molecule has 1 fully saturated rings. The highest BCUT2D eigenvalue weighted by Crippen LogP contribution is 2.42. The molecule has 2 aromatic rings. The summed E-state index contributed by atoms with van der Waals surface area (Å²) >= 11 is 0. The number of benzene rings is 2. The first-order valence-electron chi connectivity index (χ1n) is 8.81. The summed E-state index contributed by atoms with van der Waals surface area (Å²) in [5, 5.41) is 19.1. The van der Waals surface area contributed by atoms with Crippen LogP contribution in [0.15, 0.2) is 48.5 Å².